The van der Waals surface area contributed by atoms with Gasteiger partial charge in [-0.2, -0.15) is 0 Å². The van der Waals surface area contributed by atoms with Gasteiger partial charge in [0.1, 0.15) is 0 Å². The molecule has 0 aliphatic carbocycles. The summed E-state index contributed by atoms with van der Waals surface area (Å²) in [4.78, 5) is 0. The summed E-state index contributed by atoms with van der Waals surface area (Å²) in [5.41, 5.74) is 0. The van der Waals surface area contributed by atoms with Crippen molar-refractivity contribution in [3.8, 4) is 0 Å². The van der Waals surface area contributed by atoms with E-state index in [0.717, 1.165) is 11.8 Å². The van der Waals surface area contributed by atoms with Crippen LogP contribution in [-0.4, -0.2) is 12.3 Å². The van der Waals surface area contributed by atoms with Crippen molar-refractivity contribution in [2.75, 3.05) is 12.3 Å². The van der Waals surface area contributed by atoms with Gasteiger partial charge in [0, 0.05) is 0 Å². The summed E-state index contributed by atoms with van der Waals surface area (Å²) in [7, 11) is 1.22. The highest BCUT2D eigenvalue weighted by Gasteiger charge is 1.95. The van der Waals surface area contributed by atoms with Gasteiger partial charge in [-0.15, -0.1) is 8.58 Å². The molecule has 0 saturated carbocycles. The van der Waals surface area contributed by atoms with Gasteiger partial charge in [0.15, 0.2) is 0 Å². The maximum Gasteiger partial charge on any atom is -0.0351 e. The first-order valence-corrected chi connectivity index (χ1v) is 6.25. The molecule has 0 saturated heterocycles. The van der Waals surface area contributed by atoms with E-state index >= 15 is 0 Å². The van der Waals surface area contributed by atoms with Crippen molar-refractivity contribution in [2.24, 2.45) is 11.8 Å². The lowest BCUT2D eigenvalue weighted by atomic mass is 10.2. The maximum atomic E-state index is 2.31. The van der Waals surface area contributed by atoms with Crippen molar-refractivity contribution < 1.29 is 0 Å². The zero-order valence-electron chi connectivity index (χ0n) is 8.48. The van der Waals surface area contributed by atoms with Crippen molar-refractivity contribution in [3.63, 3.8) is 0 Å². The molecule has 0 aromatic carbocycles. The van der Waals surface area contributed by atoms with Crippen LogP contribution in [0.1, 0.15) is 40.5 Å². The van der Waals surface area contributed by atoms with Crippen LogP contribution in [0, 0.1) is 11.8 Å². The Morgan fingerprint density at radius 2 is 1.18 bits per heavy atom. The molecule has 0 amide bonds. The number of hydrogen-bond donors (Lipinski definition) is 0. The highest BCUT2D eigenvalue weighted by molar-refractivity contribution is 7.37. The minimum Gasteiger partial charge on any atom is -0.122 e. The molecule has 1 heteroatoms. The molecule has 0 bridgehead atoms. The zero-order chi connectivity index (χ0) is 8.69. The normalized spacial score (nSPS) is 11.5. The van der Waals surface area contributed by atoms with Crippen LogP contribution in [0.3, 0.4) is 0 Å². The lowest BCUT2D eigenvalue weighted by Gasteiger charge is -2.05. The Morgan fingerprint density at radius 3 is 1.45 bits per heavy atom. The van der Waals surface area contributed by atoms with Gasteiger partial charge in [-0.25, -0.2) is 0 Å². The van der Waals surface area contributed by atoms with Crippen LogP contribution in [0.2, 0.25) is 0 Å². The molecule has 11 heavy (non-hydrogen) atoms. The molecule has 0 aliphatic rings. The second-order valence-corrected chi connectivity index (χ2v) is 5.62. The molecular formula is C10H23P. The molecule has 0 nitrogen and oxygen atoms in total. The van der Waals surface area contributed by atoms with Crippen LogP contribution in [0.4, 0.5) is 0 Å². The third-order valence-corrected chi connectivity index (χ3v) is 3.08. The topological polar surface area (TPSA) is 0 Å². The van der Waals surface area contributed by atoms with Crippen LogP contribution in [0.25, 0.3) is 0 Å². The molecule has 0 N–H and O–H groups in total. The van der Waals surface area contributed by atoms with E-state index < -0.39 is 0 Å². The summed E-state index contributed by atoms with van der Waals surface area (Å²) >= 11 is 0. The van der Waals surface area contributed by atoms with E-state index in [-0.39, 0.29) is 0 Å². The molecule has 0 aromatic rings. The largest absolute Gasteiger partial charge is 0.122 e. The molecule has 0 radical (unpaired) electrons. The van der Waals surface area contributed by atoms with Crippen LogP contribution < -0.4 is 0 Å². The van der Waals surface area contributed by atoms with Gasteiger partial charge in [-0.1, -0.05) is 27.7 Å². The summed E-state index contributed by atoms with van der Waals surface area (Å²) in [6.07, 6.45) is 5.78. The first-order chi connectivity index (χ1) is 5.13. The average molecular weight is 174 g/mol. The first kappa shape index (κ1) is 11.4. The van der Waals surface area contributed by atoms with Crippen LogP contribution in [0.15, 0.2) is 0 Å². The van der Waals surface area contributed by atoms with E-state index in [9.17, 15) is 0 Å². The van der Waals surface area contributed by atoms with Gasteiger partial charge in [0.25, 0.3) is 0 Å². The SMILES string of the molecule is CC(C)CCPCCC(C)C. The van der Waals surface area contributed by atoms with E-state index in [1.807, 2.05) is 0 Å². The smallest absolute Gasteiger partial charge is 0.0351 e. The monoisotopic (exact) mass is 174 g/mol. The Morgan fingerprint density at radius 1 is 0.818 bits per heavy atom. The van der Waals surface area contributed by atoms with Gasteiger partial charge in [-0.05, 0) is 37.0 Å². The van der Waals surface area contributed by atoms with Crippen LogP contribution >= 0.6 is 8.58 Å². The molecule has 0 rings (SSSR count). The number of hydrogen-bond acceptors (Lipinski definition) is 0. The Labute approximate surface area is 73.9 Å². The lowest BCUT2D eigenvalue weighted by Crippen LogP contribution is -1.92. The van der Waals surface area contributed by atoms with Crippen molar-refractivity contribution in [1.29, 1.82) is 0 Å². The Hall–Kier alpha value is 0.430. The average Bonchev–Trinajstić information content (AvgIpc) is 1.85. The van der Waals surface area contributed by atoms with Crippen molar-refractivity contribution in [2.45, 2.75) is 40.5 Å². The van der Waals surface area contributed by atoms with Gasteiger partial charge in [0.2, 0.25) is 0 Å². The molecule has 0 atom stereocenters. The second-order valence-electron chi connectivity index (χ2n) is 4.12. The lowest BCUT2D eigenvalue weighted by molar-refractivity contribution is 0.621. The van der Waals surface area contributed by atoms with Gasteiger partial charge < -0.3 is 0 Å². The van der Waals surface area contributed by atoms with Gasteiger partial charge in [0.05, 0.1) is 0 Å². The molecule has 0 aromatic heterocycles. The fourth-order valence-corrected chi connectivity index (χ4v) is 2.72. The predicted octanol–water partition coefficient (Wildman–Crippen LogP) is 3.76. The highest BCUT2D eigenvalue weighted by Crippen LogP contribution is 2.18. The molecule has 0 aliphatic heterocycles. The zero-order valence-corrected chi connectivity index (χ0v) is 9.48. The van der Waals surface area contributed by atoms with E-state index in [1.54, 1.807) is 0 Å². The summed E-state index contributed by atoms with van der Waals surface area (Å²) in [6, 6.07) is 0. The van der Waals surface area contributed by atoms with Crippen LogP contribution in [-0.2, 0) is 0 Å². The molecule has 0 unspecified atom stereocenters. The number of rotatable bonds is 6. The molecule has 0 spiro atoms. The van der Waals surface area contributed by atoms with E-state index in [0.29, 0.717) is 0 Å². The highest BCUT2D eigenvalue weighted by atomic mass is 31.1. The Bertz CT molecular complexity index is 66.9. The van der Waals surface area contributed by atoms with Gasteiger partial charge >= 0.3 is 0 Å². The Balaban J connectivity index is 2.91. The minimum absolute atomic E-state index is 0.904. The van der Waals surface area contributed by atoms with E-state index in [4.69, 9.17) is 0 Å². The third kappa shape index (κ3) is 10.4. The molecule has 68 valence electrons. The van der Waals surface area contributed by atoms with E-state index in [2.05, 4.69) is 27.7 Å². The van der Waals surface area contributed by atoms with Gasteiger partial charge in [-0.3, -0.25) is 0 Å². The standard InChI is InChI=1S/C10H23P/c1-9(2)5-7-11-8-6-10(3)4/h9-11H,5-8H2,1-4H3. The van der Waals surface area contributed by atoms with E-state index in [1.165, 1.54) is 33.7 Å². The van der Waals surface area contributed by atoms with Crippen molar-refractivity contribution in [3.05, 3.63) is 0 Å². The summed E-state index contributed by atoms with van der Waals surface area (Å²) in [5.74, 6) is 1.81. The molecule has 0 fully saturated rings. The van der Waals surface area contributed by atoms with Crippen LogP contribution in [0.5, 0.6) is 0 Å². The molecule has 0 heterocycles. The fourth-order valence-electron chi connectivity index (χ4n) is 0.906. The summed E-state index contributed by atoms with van der Waals surface area (Å²) in [5, 5.41) is 0. The van der Waals surface area contributed by atoms with Crippen molar-refractivity contribution in [1.82, 2.24) is 0 Å². The fraction of sp³-hybridized carbons (Fsp3) is 1.00. The Kier molecular flexibility index (Phi) is 7.38. The maximum absolute atomic E-state index is 2.31. The quantitative estimate of drug-likeness (QED) is 0.425. The van der Waals surface area contributed by atoms with Crippen molar-refractivity contribution >= 4 is 8.58 Å². The molecular weight excluding hydrogens is 151 g/mol. The predicted molar refractivity (Wildman–Crippen MR) is 57.0 cm³/mol. The first-order valence-electron chi connectivity index (χ1n) is 4.83. The minimum atomic E-state index is 0.904. The summed E-state index contributed by atoms with van der Waals surface area (Å²) < 4.78 is 0. The second kappa shape index (κ2) is 7.10. The summed E-state index contributed by atoms with van der Waals surface area (Å²) in [6.45, 7) is 9.25. The third-order valence-electron chi connectivity index (χ3n) is 1.80.